The molecule has 1 saturated heterocycles. The van der Waals surface area contributed by atoms with Crippen molar-refractivity contribution in [3.63, 3.8) is 0 Å². The van der Waals surface area contributed by atoms with Gasteiger partial charge in [0.2, 0.25) is 5.91 Å². The Hall–Kier alpha value is -4.39. The molecule has 0 saturated carbocycles. The summed E-state index contributed by atoms with van der Waals surface area (Å²) in [6, 6.07) is 16.1. The number of anilines is 3. The first-order valence-electron chi connectivity index (χ1n) is 11.3. The van der Waals surface area contributed by atoms with E-state index in [0.29, 0.717) is 32.0 Å². The summed E-state index contributed by atoms with van der Waals surface area (Å²) in [6.07, 6.45) is -0.0250. The minimum absolute atomic E-state index is 0.0223. The number of ketones is 1. The zero-order valence-electron chi connectivity index (χ0n) is 19.7. The van der Waals surface area contributed by atoms with Crippen molar-refractivity contribution < 1.29 is 14.5 Å². The topological polar surface area (TPSA) is 114 Å². The van der Waals surface area contributed by atoms with E-state index >= 15 is 0 Å². The average molecular weight is 475 g/mol. The molecule has 4 rings (SSSR count). The first-order valence-corrected chi connectivity index (χ1v) is 11.3. The Kier molecular flexibility index (Phi) is 6.68. The molecule has 10 nitrogen and oxygen atoms in total. The molecule has 0 unspecified atom stereocenters. The lowest BCUT2D eigenvalue weighted by Crippen LogP contribution is -2.48. The summed E-state index contributed by atoms with van der Waals surface area (Å²) in [6.45, 7) is 2.01. The zero-order valence-corrected chi connectivity index (χ0v) is 19.7. The highest BCUT2D eigenvalue weighted by Crippen LogP contribution is 2.40. The van der Waals surface area contributed by atoms with E-state index in [-0.39, 0.29) is 35.8 Å². The van der Waals surface area contributed by atoms with E-state index < -0.39 is 4.92 Å². The van der Waals surface area contributed by atoms with Crippen LogP contribution < -0.4 is 14.7 Å². The lowest BCUT2D eigenvalue weighted by atomic mass is 10.1. The van der Waals surface area contributed by atoms with E-state index in [0.717, 1.165) is 17.1 Å². The van der Waals surface area contributed by atoms with Crippen molar-refractivity contribution in [3.8, 4) is 6.07 Å². The molecular formula is C25H26N6O4. The van der Waals surface area contributed by atoms with Crippen molar-refractivity contribution in [2.45, 2.75) is 12.8 Å². The van der Waals surface area contributed by atoms with E-state index in [1.165, 1.54) is 12.1 Å². The van der Waals surface area contributed by atoms with Crippen molar-refractivity contribution in [1.29, 1.82) is 5.26 Å². The number of nitriles is 1. The van der Waals surface area contributed by atoms with Crippen molar-refractivity contribution in [2.24, 2.45) is 0 Å². The molecule has 1 amide bonds. The number of carbonyl (C=O) groups is 2. The molecule has 2 aromatic carbocycles. The number of hydrogen-bond acceptors (Lipinski definition) is 8. The SMILES string of the molecule is CN1C(=C(C#N)C(=O)CCC(=O)N2CCN(c3cccc([N+](=O)[O-])c3)CC2)N(C)c2ccccc21. The third-order valence-electron chi connectivity index (χ3n) is 6.46. The van der Waals surface area contributed by atoms with Gasteiger partial charge in [-0.3, -0.25) is 19.7 Å². The van der Waals surface area contributed by atoms with Gasteiger partial charge in [0.05, 0.1) is 16.3 Å². The largest absolute Gasteiger partial charge is 0.368 e. The predicted molar refractivity (Wildman–Crippen MR) is 132 cm³/mol. The highest BCUT2D eigenvalue weighted by Gasteiger charge is 2.31. The van der Waals surface area contributed by atoms with E-state index in [2.05, 4.69) is 0 Å². The molecule has 0 atom stereocenters. The van der Waals surface area contributed by atoms with Crippen molar-refractivity contribution in [2.75, 3.05) is 55.0 Å². The van der Waals surface area contributed by atoms with Crippen LogP contribution >= 0.6 is 0 Å². The number of carbonyl (C=O) groups excluding carboxylic acids is 2. The van der Waals surface area contributed by atoms with Crippen LogP contribution in [0.1, 0.15) is 12.8 Å². The van der Waals surface area contributed by atoms with Gasteiger partial charge in [0.1, 0.15) is 17.5 Å². The molecule has 0 aliphatic carbocycles. The molecule has 2 heterocycles. The lowest BCUT2D eigenvalue weighted by Gasteiger charge is -2.36. The average Bonchev–Trinajstić information content (AvgIpc) is 3.13. The Morgan fingerprint density at radius 2 is 1.60 bits per heavy atom. The van der Waals surface area contributed by atoms with Gasteiger partial charge in [0.15, 0.2) is 5.78 Å². The number of nitro benzene ring substituents is 1. The third kappa shape index (κ3) is 4.66. The molecule has 0 N–H and O–H groups in total. The maximum atomic E-state index is 12.9. The molecule has 0 bridgehead atoms. The zero-order chi connectivity index (χ0) is 25.1. The highest BCUT2D eigenvalue weighted by molar-refractivity contribution is 6.03. The van der Waals surface area contributed by atoms with Gasteiger partial charge in [0.25, 0.3) is 5.69 Å². The molecule has 1 fully saturated rings. The van der Waals surface area contributed by atoms with Gasteiger partial charge in [0, 0.05) is 70.9 Å². The molecule has 35 heavy (non-hydrogen) atoms. The molecule has 0 radical (unpaired) electrons. The number of piperazine rings is 1. The van der Waals surface area contributed by atoms with Crippen molar-refractivity contribution >= 4 is 34.4 Å². The summed E-state index contributed by atoms with van der Waals surface area (Å²) < 4.78 is 0. The van der Waals surface area contributed by atoms with Crippen LogP contribution in [-0.4, -0.2) is 61.8 Å². The molecule has 2 aliphatic rings. The maximum absolute atomic E-state index is 12.9. The number of rotatable bonds is 6. The molecule has 10 heteroatoms. The van der Waals surface area contributed by atoms with Crippen molar-refractivity contribution in [1.82, 2.24) is 4.90 Å². The van der Waals surface area contributed by atoms with Crippen LogP contribution in [0.4, 0.5) is 22.7 Å². The summed E-state index contributed by atoms with van der Waals surface area (Å²) in [7, 11) is 3.63. The van der Waals surface area contributed by atoms with Crippen LogP contribution in [0.3, 0.4) is 0 Å². The second-order valence-corrected chi connectivity index (χ2v) is 8.49. The minimum Gasteiger partial charge on any atom is -0.368 e. The van der Waals surface area contributed by atoms with Gasteiger partial charge in [-0.25, -0.2) is 0 Å². The monoisotopic (exact) mass is 474 g/mol. The van der Waals surface area contributed by atoms with Crippen LogP contribution in [0.15, 0.2) is 59.9 Å². The summed E-state index contributed by atoms with van der Waals surface area (Å²) >= 11 is 0. The first-order chi connectivity index (χ1) is 16.8. The number of Topliss-reactive ketones (excluding diaryl/α,β-unsaturated/α-hetero) is 1. The van der Waals surface area contributed by atoms with Crippen molar-refractivity contribution in [3.05, 3.63) is 70.0 Å². The molecule has 0 spiro atoms. The van der Waals surface area contributed by atoms with Gasteiger partial charge in [-0.2, -0.15) is 5.26 Å². The number of nitro groups is 1. The number of amides is 1. The molecule has 180 valence electrons. The Balaban J connectivity index is 1.36. The quantitative estimate of drug-likeness (QED) is 0.272. The van der Waals surface area contributed by atoms with Gasteiger partial charge >= 0.3 is 0 Å². The number of para-hydroxylation sites is 2. The van der Waals surface area contributed by atoms with E-state index in [9.17, 15) is 25.0 Å². The lowest BCUT2D eigenvalue weighted by molar-refractivity contribution is -0.384. The van der Waals surface area contributed by atoms with Crippen LogP contribution in [-0.2, 0) is 9.59 Å². The number of non-ortho nitro benzene ring substituents is 1. The first kappa shape index (κ1) is 23.8. The highest BCUT2D eigenvalue weighted by atomic mass is 16.6. The number of allylic oxidation sites excluding steroid dienone is 1. The summed E-state index contributed by atoms with van der Waals surface area (Å²) in [4.78, 5) is 43.7. The fraction of sp³-hybridized carbons (Fsp3) is 0.320. The van der Waals surface area contributed by atoms with Gasteiger partial charge < -0.3 is 19.6 Å². The normalized spacial score (nSPS) is 15.1. The predicted octanol–water partition coefficient (Wildman–Crippen LogP) is 2.91. The number of hydrogen-bond donors (Lipinski definition) is 0. The van der Waals surface area contributed by atoms with E-state index in [4.69, 9.17) is 0 Å². The third-order valence-corrected chi connectivity index (χ3v) is 6.46. The Bertz CT molecular complexity index is 1210. The Morgan fingerprint density at radius 3 is 2.17 bits per heavy atom. The molecule has 0 aromatic heterocycles. The standard InChI is InChI=1S/C25H26N6O4/c1-27-21-8-3-4-9-22(21)28(2)25(27)20(17-26)23(32)10-11-24(33)30-14-12-29(13-15-30)18-6-5-7-19(16-18)31(34)35/h3-9,16H,10-15H2,1-2H3. The van der Waals surface area contributed by atoms with Gasteiger partial charge in [-0.05, 0) is 18.2 Å². The smallest absolute Gasteiger partial charge is 0.271 e. The Labute approximate surface area is 203 Å². The fourth-order valence-electron chi connectivity index (χ4n) is 4.58. The number of benzene rings is 2. The number of nitrogens with zero attached hydrogens (tertiary/aromatic N) is 6. The Morgan fingerprint density at radius 1 is 0.971 bits per heavy atom. The second-order valence-electron chi connectivity index (χ2n) is 8.49. The van der Waals surface area contributed by atoms with Crippen LogP contribution in [0.2, 0.25) is 0 Å². The van der Waals surface area contributed by atoms with E-state index in [1.807, 2.05) is 65.2 Å². The molecule has 2 aliphatic heterocycles. The number of fused-ring (bicyclic) bond motifs is 1. The van der Waals surface area contributed by atoms with Gasteiger partial charge in [-0.15, -0.1) is 0 Å². The van der Waals surface area contributed by atoms with Crippen LogP contribution in [0.25, 0.3) is 0 Å². The molecule has 2 aromatic rings. The summed E-state index contributed by atoms with van der Waals surface area (Å²) in [5.41, 5.74) is 2.63. The van der Waals surface area contributed by atoms with Gasteiger partial charge in [-0.1, -0.05) is 18.2 Å². The summed E-state index contributed by atoms with van der Waals surface area (Å²) in [5, 5.41) is 20.8. The maximum Gasteiger partial charge on any atom is 0.271 e. The van der Waals surface area contributed by atoms with E-state index in [1.54, 1.807) is 11.0 Å². The summed E-state index contributed by atoms with van der Waals surface area (Å²) in [5.74, 6) is 0.00468. The molecular weight excluding hydrogens is 448 g/mol. The van der Waals surface area contributed by atoms with Crippen LogP contribution in [0.5, 0.6) is 0 Å². The second kappa shape index (κ2) is 9.85. The van der Waals surface area contributed by atoms with Crippen LogP contribution in [0, 0.1) is 21.4 Å². The minimum atomic E-state index is -0.426. The fourth-order valence-corrected chi connectivity index (χ4v) is 4.58.